The monoisotopic (exact) mass is 255 g/mol. The highest BCUT2D eigenvalue weighted by Crippen LogP contribution is 2.37. The summed E-state index contributed by atoms with van der Waals surface area (Å²) in [6.07, 6.45) is 0. The van der Waals surface area contributed by atoms with Gasteiger partial charge in [-0.15, -0.1) is 0 Å². The van der Waals surface area contributed by atoms with E-state index in [-0.39, 0.29) is 0 Å². The largest absolute Gasteiger partial charge is 0.277 e. The highest BCUT2D eigenvalue weighted by atomic mass is 16.7. The van der Waals surface area contributed by atoms with Gasteiger partial charge < -0.3 is 0 Å². The molecule has 0 aromatic heterocycles. The van der Waals surface area contributed by atoms with Crippen LogP contribution in [0.15, 0.2) is 18.2 Å². The quantitative estimate of drug-likeness (QED) is 0.720. The van der Waals surface area contributed by atoms with Gasteiger partial charge in [-0.2, -0.15) is 0 Å². The van der Waals surface area contributed by atoms with Gasteiger partial charge in [-0.25, -0.2) is 0 Å². The Hall–Kier alpha value is -1.50. The first-order valence-corrected chi connectivity index (χ1v) is 5.53. The molecular weight excluding hydrogens is 234 g/mol. The fourth-order valence-electron chi connectivity index (χ4n) is 1.64. The summed E-state index contributed by atoms with van der Waals surface area (Å²) >= 11 is 0. The molecule has 18 heavy (non-hydrogen) atoms. The van der Waals surface area contributed by atoms with Gasteiger partial charge in [-0.1, -0.05) is 6.07 Å². The average molecular weight is 255 g/mol. The summed E-state index contributed by atoms with van der Waals surface area (Å²) in [5.41, 5.74) is 2.61. The molecule has 1 aromatic rings. The van der Waals surface area contributed by atoms with E-state index in [1.165, 1.54) is 0 Å². The molecule has 0 saturated carbocycles. The van der Waals surface area contributed by atoms with E-state index in [9.17, 15) is 0 Å². The smallest absolute Gasteiger partial charge is 0.115 e. The van der Waals surface area contributed by atoms with Crippen molar-refractivity contribution in [1.82, 2.24) is 0 Å². The van der Waals surface area contributed by atoms with Crippen molar-refractivity contribution in [2.24, 2.45) is 0 Å². The molecule has 0 fully saturated rings. The van der Waals surface area contributed by atoms with Crippen molar-refractivity contribution in [2.75, 3.05) is 57.7 Å². The second-order valence-corrected chi connectivity index (χ2v) is 3.68. The van der Waals surface area contributed by atoms with Crippen molar-refractivity contribution in [3.05, 3.63) is 18.2 Å². The second kappa shape index (κ2) is 6.44. The normalized spacial score (nSPS) is 10.3. The molecular formula is C12H21N3O3. The maximum atomic E-state index is 5.28. The molecule has 0 aliphatic carbocycles. The summed E-state index contributed by atoms with van der Waals surface area (Å²) in [6.45, 7) is 0. The van der Waals surface area contributed by atoms with Gasteiger partial charge in [0, 0.05) is 21.1 Å². The minimum atomic E-state index is 0.855. The predicted molar refractivity (Wildman–Crippen MR) is 72.7 cm³/mol. The molecule has 0 atom stereocenters. The van der Waals surface area contributed by atoms with Crippen LogP contribution in [-0.4, -0.2) is 42.5 Å². The summed E-state index contributed by atoms with van der Waals surface area (Å²) < 4.78 is 0. The van der Waals surface area contributed by atoms with E-state index < -0.39 is 0 Å². The molecule has 6 nitrogen and oxygen atoms in total. The van der Waals surface area contributed by atoms with E-state index in [2.05, 4.69) is 0 Å². The number of para-hydroxylation sites is 1. The van der Waals surface area contributed by atoms with E-state index >= 15 is 0 Å². The molecule has 0 aliphatic rings. The SMILES string of the molecule is CON(C)c1cccc(N(C)OC)c1N(C)OC. The molecule has 0 amide bonds. The van der Waals surface area contributed by atoms with Crippen LogP contribution in [0.2, 0.25) is 0 Å². The minimum absolute atomic E-state index is 0.855. The Kier molecular flexibility index (Phi) is 5.21. The van der Waals surface area contributed by atoms with Crippen LogP contribution in [0.3, 0.4) is 0 Å². The highest BCUT2D eigenvalue weighted by Gasteiger charge is 2.18. The third-order valence-electron chi connectivity index (χ3n) is 2.81. The fraction of sp³-hybridized carbons (Fsp3) is 0.500. The highest BCUT2D eigenvalue weighted by molar-refractivity contribution is 5.82. The van der Waals surface area contributed by atoms with Gasteiger partial charge in [0.15, 0.2) is 0 Å². The summed E-state index contributed by atoms with van der Waals surface area (Å²) in [7, 11) is 10.3. The van der Waals surface area contributed by atoms with E-state index in [1.807, 2.05) is 39.3 Å². The lowest BCUT2D eigenvalue weighted by molar-refractivity contribution is 0.168. The number of hydrogen-bond donors (Lipinski definition) is 0. The van der Waals surface area contributed by atoms with Crippen molar-refractivity contribution >= 4 is 17.1 Å². The van der Waals surface area contributed by atoms with Crippen molar-refractivity contribution in [1.29, 1.82) is 0 Å². The Morgan fingerprint density at radius 1 is 0.722 bits per heavy atom. The zero-order valence-corrected chi connectivity index (χ0v) is 11.8. The number of nitrogens with zero attached hydrogens (tertiary/aromatic N) is 3. The van der Waals surface area contributed by atoms with Gasteiger partial charge in [0.2, 0.25) is 0 Å². The van der Waals surface area contributed by atoms with Crippen LogP contribution in [0, 0.1) is 0 Å². The Morgan fingerprint density at radius 2 is 1.11 bits per heavy atom. The Bertz CT molecular complexity index is 359. The van der Waals surface area contributed by atoms with Crippen LogP contribution in [0.5, 0.6) is 0 Å². The van der Waals surface area contributed by atoms with Crippen LogP contribution in [0.1, 0.15) is 0 Å². The summed E-state index contributed by atoms with van der Waals surface area (Å²) in [4.78, 5) is 15.7. The minimum Gasteiger partial charge on any atom is -0.277 e. The molecule has 1 aromatic carbocycles. The number of benzene rings is 1. The van der Waals surface area contributed by atoms with Crippen LogP contribution in [-0.2, 0) is 14.5 Å². The standard InChI is InChI=1S/C12H21N3O3/c1-13(16-4)10-8-7-9-11(14(2)17-5)12(10)15(3)18-6/h7-9H,1-6H3. The van der Waals surface area contributed by atoms with E-state index in [4.69, 9.17) is 14.5 Å². The molecule has 0 unspecified atom stereocenters. The van der Waals surface area contributed by atoms with E-state index in [0.29, 0.717) is 0 Å². The molecule has 0 aliphatic heterocycles. The number of anilines is 3. The first-order chi connectivity index (χ1) is 8.56. The maximum absolute atomic E-state index is 5.28. The lowest BCUT2D eigenvalue weighted by Crippen LogP contribution is -2.25. The van der Waals surface area contributed by atoms with Crippen molar-refractivity contribution in [3.63, 3.8) is 0 Å². The van der Waals surface area contributed by atoms with Crippen molar-refractivity contribution < 1.29 is 14.5 Å². The van der Waals surface area contributed by atoms with Crippen LogP contribution >= 0.6 is 0 Å². The average Bonchev–Trinajstić information content (AvgIpc) is 2.43. The van der Waals surface area contributed by atoms with Gasteiger partial charge in [0.1, 0.15) is 5.69 Å². The molecule has 0 radical (unpaired) electrons. The fourth-order valence-corrected chi connectivity index (χ4v) is 1.64. The number of hydrogen-bond acceptors (Lipinski definition) is 6. The third-order valence-corrected chi connectivity index (χ3v) is 2.81. The molecule has 0 saturated heterocycles. The zero-order chi connectivity index (χ0) is 13.7. The molecule has 0 heterocycles. The summed E-state index contributed by atoms with van der Waals surface area (Å²) in [5.74, 6) is 0. The first kappa shape index (κ1) is 14.6. The number of rotatable bonds is 6. The van der Waals surface area contributed by atoms with Crippen molar-refractivity contribution in [2.45, 2.75) is 0 Å². The Balaban J connectivity index is 3.34. The number of hydroxylamine groups is 3. The Morgan fingerprint density at radius 3 is 1.44 bits per heavy atom. The van der Waals surface area contributed by atoms with Gasteiger partial charge >= 0.3 is 0 Å². The lowest BCUT2D eigenvalue weighted by atomic mass is 10.2. The van der Waals surface area contributed by atoms with Crippen LogP contribution in [0.25, 0.3) is 0 Å². The summed E-state index contributed by atoms with van der Waals surface area (Å²) in [5, 5.41) is 4.99. The summed E-state index contributed by atoms with van der Waals surface area (Å²) in [6, 6.07) is 5.82. The molecule has 0 spiro atoms. The Labute approximate surface area is 108 Å². The molecule has 0 bridgehead atoms. The van der Waals surface area contributed by atoms with Crippen LogP contribution in [0.4, 0.5) is 17.1 Å². The maximum Gasteiger partial charge on any atom is 0.115 e. The lowest BCUT2D eigenvalue weighted by Gasteiger charge is -2.29. The van der Waals surface area contributed by atoms with Crippen LogP contribution < -0.4 is 15.2 Å². The molecule has 1 rings (SSSR count). The second-order valence-electron chi connectivity index (χ2n) is 3.68. The van der Waals surface area contributed by atoms with Gasteiger partial charge in [0.25, 0.3) is 0 Å². The zero-order valence-electron chi connectivity index (χ0n) is 11.8. The topological polar surface area (TPSA) is 37.4 Å². The van der Waals surface area contributed by atoms with Gasteiger partial charge in [-0.3, -0.25) is 29.7 Å². The molecule has 102 valence electrons. The molecule has 6 heteroatoms. The van der Waals surface area contributed by atoms with E-state index in [1.54, 1.807) is 36.5 Å². The van der Waals surface area contributed by atoms with E-state index in [0.717, 1.165) is 17.1 Å². The van der Waals surface area contributed by atoms with Crippen molar-refractivity contribution in [3.8, 4) is 0 Å². The van der Waals surface area contributed by atoms with Gasteiger partial charge in [-0.05, 0) is 12.1 Å². The molecule has 0 N–H and O–H groups in total. The first-order valence-electron chi connectivity index (χ1n) is 5.53. The third kappa shape index (κ3) is 2.84. The predicted octanol–water partition coefficient (Wildman–Crippen LogP) is 1.68. The van der Waals surface area contributed by atoms with Gasteiger partial charge in [0.05, 0.1) is 32.7 Å².